The Bertz CT molecular complexity index is 345. The standard InChI is InChI=1S/C15H27N3/c1-3-9-16-14-8-6-5-7-13(14)12-15-17-10-11-18(15)4-2/h10-11,13-14,16H,3-9,12H2,1-2H3. The topological polar surface area (TPSA) is 29.9 Å². The molecule has 0 bridgehead atoms. The Hall–Kier alpha value is -0.830. The molecule has 1 heterocycles. The molecule has 0 spiro atoms. The molecule has 1 aromatic heterocycles. The van der Waals surface area contributed by atoms with Crippen LogP contribution in [-0.4, -0.2) is 22.1 Å². The zero-order valence-corrected chi connectivity index (χ0v) is 11.9. The van der Waals surface area contributed by atoms with Crippen molar-refractivity contribution in [2.45, 2.75) is 65.0 Å². The molecule has 3 heteroatoms. The maximum Gasteiger partial charge on any atom is 0.108 e. The molecular weight excluding hydrogens is 222 g/mol. The lowest BCUT2D eigenvalue weighted by Crippen LogP contribution is -2.40. The van der Waals surface area contributed by atoms with E-state index in [9.17, 15) is 0 Å². The van der Waals surface area contributed by atoms with E-state index >= 15 is 0 Å². The third kappa shape index (κ3) is 3.35. The summed E-state index contributed by atoms with van der Waals surface area (Å²) in [6.07, 6.45) is 11.9. The summed E-state index contributed by atoms with van der Waals surface area (Å²) in [6.45, 7) is 6.63. The van der Waals surface area contributed by atoms with Gasteiger partial charge in [-0.15, -0.1) is 0 Å². The molecule has 1 N–H and O–H groups in total. The van der Waals surface area contributed by atoms with Gasteiger partial charge in [0.25, 0.3) is 0 Å². The first-order valence-electron chi connectivity index (χ1n) is 7.58. The summed E-state index contributed by atoms with van der Waals surface area (Å²) in [5, 5.41) is 3.73. The number of hydrogen-bond acceptors (Lipinski definition) is 2. The highest BCUT2D eigenvalue weighted by Crippen LogP contribution is 2.27. The fraction of sp³-hybridized carbons (Fsp3) is 0.800. The molecule has 1 fully saturated rings. The Morgan fingerprint density at radius 2 is 2.17 bits per heavy atom. The van der Waals surface area contributed by atoms with Gasteiger partial charge in [0, 0.05) is 31.4 Å². The molecule has 1 saturated carbocycles. The summed E-state index contributed by atoms with van der Waals surface area (Å²) in [5.74, 6) is 2.05. The third-order valence-corrected chi connectivity index (χ3v) is 4.15. The van der Waals surface area contributed by atoms with Crippen LogP contribution >= 0.6 is 0 Å². The molecule has 0 aliphatic heterocycles. The Morgan fingerprint density at radius 3 is 2.94 bits per heavy atom. The van der Waals surface area contributed by atoms with Crippen molar-refractivity contribution in [3.8, 4) is 0 Å². The number of aromatic nitrogens is 2. The highest BCUT2D eigenvalue weighted by Gasteiger charge is 2.25. The molecule has 1 aliphatic carbocycles. The maximum atomic E-state index is 4.53. The van der Waals surface area contributed by atoms with E-state index in [1.54, 1.807) is 0 Å². The van der Waals surface area contributed by atoms with Crippen molar-refractivity contribution < 1.29 is 0 Å². The van der Waals surface area contributed by atoms with Gasteiger partial charge in [0.1, 0.15) is 5.82 Å². The molecule has 2 unspecified atom stereocenters. The molecule has 0 amide bonds. The SMILES string of the molecule is CCCNC1CCCCC1Cc1nccn1CC. The van der Waals surface area contributed by atoms with Crippen molar-refractivity contribution in [2.24, 2.45) is 5.92 Å². The maximum absolute atomic E-state index is 4.53. The average Bonchev–Trinajstić information content (AvgIpc) is 2.85. The van der Waals surface area contributed by atoms with Crippen molar-refractivity contribution >= 4 is 0 Å². The number of hydrogen-bond donors (Lipinski definition) is 1. The molecule has 2 atom stereocenters. The highest BCUT2D eigenvalue weighted by atomic mass is 15.1. The summed E-state index contributed by atoms with van der Waals surface area (Å²) < 4.78 is 2.28. The minimum absolute atomic E-state index is 0.709. The first kappa shape index (κ1) is 13.6. The number of nitrogens with zero attached hydrogens (tertiary/aromatic N) is 2. The van der Waals surface area contributed by atoms with Crippen LogP contribution in [0.1, 0.15) is 51.8 Å². The van der Waals surface area contributed by atoms with Crippen LogP contribution in [0.25, 0.3) is 0 Å². The van der Waals surface area contributed by atoms with Gasteiger partial charge in [-0.3, -0.25) is 0 Å². The van der Waals surface area contributed by atoms with Gasteiger partial charge in [-0.2, -0.15) is 0 Å². The fourth-order valence-electron chi connectivity index (χ4n) is 3.10. The molecule has 0 radical (unpaired) electrons. The van der Waals surface area contributed by atoms with Crippen LogP contribution in [0.5, 0.6) is 0 Å². The number of imidazole rings is 1. The number of aryl methyl sites for hydroxylation is 1. The van der Waals surface area contributed by atoms with Crippen LogP contribution in [0.4, 0.5) is 0 Å². The van der Waals surface area contributed by atoms with Gasteiger partial charge in [-0.05, 0) is 38.6 Å². The van der Waals surface area contributed by atoms with E-state index in [1.807, 2.05) is 6.20 Å². The van der Waals surface area contributed by atoms with Crippen molar-refractivity contribution in [1.29, 1.82) is 0 Å². The largest absolute Gasteiger partial charge is 0.335 e. The summed E-state index contributed by atoms with van der Waals surface area (Å²) in [7, 11) is 0. The van der Waals surface area contributed by atoms with E-state index in [-0.39, 0.29) is 0 Å². The summed E-state index contributed by atoms with van der Waals surface area (Å²) in [5.41, 5.74) is 0. The lowest BCUT2D eigenvalue weighted by molar-refractivity contribution is 0.256. The first-order chi connectivity index (χ1) is 8.85. The Balaban J connectivity index is 1.96. The normalized spacial score (nSPS) is 24.3. The smallest absolute Gasteiger partial charge is 0.108 e. The molecule has 18 heavy (non-hydrogen) atoms. The zero-order valence-electron chi connectivity index (χ0n) is 11.9. The fourth-order valence-corrected chi connectivity index (χ4v) is 3.10. The molecule has 2 rings (SSSR count). The van der Waals surface area contributed by atoms with Gasteiger partial charge in [0.15, 0.2) is 0 Å². The molecule has 102 valence electrons. The highest BCUT2D eigenvalue weighted by molar-refractivity contribution is 4.96. The molecule has 1 aliphatic rings. The second kappa shape index (κ2) is 6.93. The van der Waals surface area contributed by atoms with Crippen LogP contribution in [0.3, 0.4) is 0 Å². The number of rotatable bonds is 6. The van der Waals surface area contributed by atoms with Crippen molar-refractivity contribution in [3.63, 3.8) is 0 Å². The van der Waals surface area contributed by atoms with E-state index in [4.69, 9.17) is 0 Å². The summed E-state index contributed by atoms with van der Waals surface area (Å²) in [4.78, 5) is 4.53. The van der Waals surface area contributed by atoms with Crippen LogP contribution in [0.2, 0.25) is 0 Å². The average molecular weight is 249 g/mol. The number of nitrogens with one attached hydrogen (secondary N) is 1. The lowest BCUT2D eigenvalue weighted by Gasteiger charge is -2.32. The van der Waals surface area contributed by atoms with Gasteiger partial charge in [0.2, 0.25) is 0 Å². The second-order valence-electron chi connectivity index (χ2n) is 5.44. The van der Waals surface area contributed by atoms with Gasteiger partial charge >= 0.3 is 0 Å². The Kier molecular flexibility index (Phi) is 5.24. The minimum Gasteiger partial charge on any atom is -0.335 e. The van der Waals surface area contributed by atoms with Gasteiger partial charge < -0.3 is 9.88 Å². The molecule has 1 aromatic rings. The van der Waals surface area contributed by atoms with E-state index < -0.39 is 0 Å². The first-order valence-corrected chi connectivity index (χ1v) is 7.58. The van der Waals surface area contributed by atoms with Gasteiger partial charge in [0.05, 0.1) is 0 Å². The quantitative estimate of drug-likeness (QED) is 0.840. The molecular formula is C15H27N3. The van der Waals surface area contributed by atoms with Crippen molar-refractivity contribution in [3.05, 3.63) is 18.2 Å². The van der Waals surface area contributed by atoms with Gasteiger partial charge in [-0.25, -0.2) is 4.98 Å². The Morgan fingerprint density at radius 1 is 1.33 bits per heavy atom. The predicted molar refractivity (Wildman–Crippen MR) is 75.6 cm³/mol. The predicted octanol–water partition coefficient (Wildman–Crippen LogP) is 3.00. The summed E-state index contributed by atoms with van der Waals surface area (Å²) in [6, 6.07) is 0.709. The lowest BCUT2D eigenvalue weighted by atomic mass is 9.82. The van der Waals surface area contributed by atoms with E-state index in [0.29, 0.717) is 6.04 Å². The van der Waals surface area contributed by atoms with Crippen LogP contribution in [0, 0.1) is 5.92 Å². The summed E-state index contributed by atoms with van der Waals surface area (Å²) >= 11 is 0. The van der Waals surface area contributed by atoms with Crippen LogP contribution in [0.15, 0.2) is 12.4 Å². The molecule has 0 aromatic carbocycles. The molecule has 0 saturated heterocycles. The van der Waals surface area contributed by atoms with Crippen molar-refractivity contribution in [1.82, 2.24) is 14.9 Å². The van der Waals surface area contributed by atoms with Crippen LogP contribution in [-0.2, 0) is 13.0 Å². The van der Waals surface area contributed by atoms with E-state index in [0.717, 1.165) is 25.4 Å². The monoisotopic (exact) mass is 249 g/mol. The van der Waals surface area contributed by atoms with E-state index in [1.165, 1.54) is 37.9 Å². The van der Waals surface area contributed by atoms with Gasteiger partial charge in [-0.1, -0.05) is 19.8 Å². The molecule has 3 nitrogen and oxygen atoms in total. The zero-order chi connectivity index (χ0) is 12.8. The minimum atomic E-state index is 0.709. The van der Waals surface area contributed by atoms with Crippen LogP contribution < -0.4 is 5.32 Å². The second-order valence-corrected chi connectivity index (χ2v) is 5.44. The third-order valence-electron chi connectivity index (χ3n) is 4.15. The van der Waals surface area contributed by atoms with Crippen molar-refractivity contribution in [2.75, 3.05) is 6.54 Å². The van der Waals surface area contributed by atoms with E-state index in [2.05, 4.69) is 34.9 Å². The Labute approximate surface area is 111 Å².